The molecule has 1 N–H and O–H groups in total. The zero-order valence-corrected chi connectivity index (χ0v) is 13.2. The van der Waals surface area contributed by atoms with E-state index in [0.717, 1.165) is 0 Å². The normalized spacial score (nSPS) is 10.8. The lowest BCUT2D eigenvalue weighted by molar-refractivity contribution is 0.0524. The first-order valence-electron chi connectivity index (χ1n) is 5.99. The summed E-state index contributed by atoms with van der Waals surface area (Å²) in [5.74, 6) is -0.661. The number of carbonyl (C=O) groups excluding carboxylic acids is 2. The second-order valence-electron chi connectivity index (χ2n) is 5.07. The third-order valence-corrected chi connectivity index (χ3v) is 2.41. The topological polar surface area (TPSA) is 93.7 Å². The van der Waals surface area contributed by atoms with Crippen LogP contribution in [0.4, 0.5) is 10.5 Å². The lowest BCUT2D eigenvalue weighted by Gasteiger charge is -2.24. The van der Waals surface area contributed by atoms with Crippen molar-refractivity contribution in [1.82, 2.24) is 15.6 Å². The van der Waals surface area contributed by atoms with Crippen molar-refractivity contribution in [3.05, 3.63) is 16.9 Å². The fraction of sp³-hybridized carbons (Fsp3) is 0.500. The third kappa shape index (κ3) is 5.07. The minimum Gasteiger partial charge on any atom is -0.464 e. The first-order chi connectivity index (χ1) is 9.64. The molecule has 1 heterocycles. The second-order valence-corrected chi connectivity index (χ2v) is 5.43. The summed E-state index contributed by atoms with van der Waals surface area (Å²) in [4.78, 5) is 23.1. The molecule has 1 aromatic heterocycles. The number of esters is 1. The van der Waals surface area contributed by atoms with Gasteiger partial charge in [-0.25, -0.2) is 15.0 Å². The highest BCUT2D eigenvalue weighted by Gasteiger charge is 2.20. The van der Waals surface area contributed by atoms with Crippen molar-refractivity contribution in [1.29, 1.82) is 0 Å². The zero-order valence-electron chi connectivity index (χ0n) is 12.4. The number of ether oxygens (including phenoxy) is 2. The SMILES string of the molecule is COC(=O)c1cc(N(C)NC(=O)OC(C)(C)C)c(Cl)nn1. The number of hydrogen-bond donors (Lipinski definition) is 1. The van der Waals surface area contributed by atoms with Gasteiger partial charge in [0.05, 0.1) is 12.8 Å². The predicted octanol–water partition coefficient (Wildman–Crippen LogP) is 1.79. The Morgan fingerprint density at radius 2 is 1.95 bits per heavy atom. The van der Waals surface area contributed by atoms with Crippen LogP contribution in [-0.4, -0.2) is 42.0 Å². The number of methoxy groups -OCH3 is 1. The molecule has 0 aromatic carbocycles. The number of rotatable bonds is 3. The van der Waals surface area contributed by atoms with Gasteiger partial charge in [-0.2, -0.15) is 0 Å². The van der Waals surface area contributed by atoms with E-state index in [0.29, 0.717) is 0 Å². The molecule has 0 radical (unpaired) electrons. The van der Waals surface area contributed by atoms with Crippen LogP contribution in [0.3, 0.4) is 0 Å². The Bertz CT molecular complexity index is 545. The molecule has 1 amide bonds. The molecule has 0 aliphatic carbocycles. The minimum atomic E-state index is -0.669. The summed E-state index contributed by atoms with van der Waals surface area (Å²) in [5, 5.41) is 8.53. The van der Waals surface area contributed by atoms with Crippen LogP contribution in [0, 0.1) is 0 Å². The van der Waals surface area contributed by atoms with Crippen LogP contribution < -0.4 is 10.4 Å². The van der Waals surface area contributed by atoms with Crippen molar-refractivity contribution in [2.24, 2.45) is 0 Å². The highest BCUT2D eigenvalue weighted by molar-refractivity contribution is 6.32. The molecular weight excluding hydrogens is 300 g/mol. The Balaban J connectivity index is 2.89. The molecule has 8 nitrogen and oxygen atoms in total. The maximum atomic E-state index is 11.7. The van der Waals surface area contributed by atoms with Gasteiger partial charge in [-0.05, 0) is 20.8 Å². The van der Waals surface area contributed by atoms with Gasteiger partial charge in [0.2, 0.25) is 0 Å². The minimum absolute atomic E-state index is 0.0150. The Labute approximate surface area is 127 Å². The van der Waals surface area contributed by atoms with E-state index < -0.39 is 17.7 Å². The van der Waals surface area contributed by atoms with Crippen molar-refractivity contribution in [2.75, 3.05) is 19.2 Å². The molecule has 1 rings (SSSR count). The molecule has 0 fully saturated rings. The molecule has 0 aliphatic rings. The summed E-state index contributed by atoms with van der Waals surface area (Å²) in [6.45, 7) is 5.22. The van der Waals surface area contributed by atoms with E-state index in [4.69, 9.17) is 16.3 Å². The number of amides is 1. The van der Waals surface area contributed by atoms with Crippen LogP contribution in [0.25, 0.3) is 0 Å². The molecule has 0 spiro atoms. The average molecular weight is 317 g/mol. The summed E-state index contributed by atoms with van der Waals surface area (Å²) in [5.41, 5.74) is 2.05. The van der Waals surface area contributed by atoms with Crippen molar-refractivity contribution < 1.29 is 19.1 Å². The van der Waals surface area contributed by atoms with E-state index in [2.05, 4.69) is 20.4 Å². The van der Waals surface area contributed by atoms with E-state index in [-0.39, 0.29) is 16.5 Å². The van der Waals surface area contributed by atoms with E-state index in [1.807, 2.05) is 0 Å². The number of nitrogens with zero attached hydrogens (tertiary/aromatic N) is 3. The van der Waals surface area contributed by atoms with Gasteiger partial charge < -0.3 is 9.47 Å². The molecule has 21 heavy (non-hydrogen) atoms. The number of halogens is 1. The molecule has 0 saturated heterocycles. The predicted molar refractivity (Wildman–Crippen MR) is 76.2 cm³/mol. The fourth-order valence-electron chi connectivity index (χ4n) is 1.30. The maximum Gasteiger partial charge on any atom is 0.426 e. The molecule has 9 heteroatoms. The van der Waals surface area contributed by atoms with Gasteiger partial charge in [0, 0.05) is 13.1 Å². The first-order valence-corrected chi connectivity index (χ1v) is 6.36. The van der Waals surface area contributed by atoms with Crippen molar-refractivity contribution in [3.63, 3.8) is 0 Å². The van der Waals surface area contributed by atoms with E-state index in [1.54, 1.807) is 20.8 Å². The molecule has 116 valence electrons. The van der Waals surface area contributed by atoms with E-state index >= 15 is 0 Å². The molecule has 0 aliphatic heterocycles. The smallest absolute Gasteiger partial charge is 0.426 e. The summed E-state index contributed by atoms with van der Waals surface area (Å²) in [6.07, 6.45) is -0.669. The summed E-state index contributed by atoms with van der Waals surface area (Å²) in [7, 11) is 2.74. The van der Waals surface area contributed by atoms with Crippen LogP contribution in [0.2, 0.25) is 5.15 Å². The van der Waals surface area contributed by atoms with Gasteiger partial charge in [0.1, 0.15) is 5.60 Å². The van der Waals surface area contributed by atoms with Gasteiger partial charge >= 0.3 is 12.1 Å². The number of hydrazine groups is 1. The van der Waals surface area contributed by atoms with Gasteiger partial charge in [0.25, 0.3) is 0 Å². The van der Waals surface area contributed by atoms with Crippen LogP contribution in [-0.2, 0) is 9.47 Å². The first kappa shape index (κ1) is 17.0. The number of carbonyl (C=O) groups is 2. The molecule has 0 atom stereocenters. The Hall–Kier alpha value is -2.09. The lowest BCUT2D eigenvalue weighted by Crippen LogP contribution is -2.43. The van der Waals surface area contributed by atoms with Gasteiger partial charge in [-0.1, -0.05) is 11.6 Å². The largest absolute Gasteiger partial charge is 0.464 e. The molecule has 0 unspecified atom stereocenters. The quantitative estimate of drug-likeness (QED) is 0.671. The van der Waals surface area contributed by atoms with Crippen LogP contribution in [0.1, 0.15) is 31.3 Å². The third-order valence-electron chi connectivity index (χ3n) is 2.14. The molecular formula is C12H17ClN4O4. The van der Waals surface area contributed by atoms with E-state index in [9.17, 15) is 9.59 Å². The molecule has 0 saturated carbocycles. The Morgan fingerprint density at radius 3 is 2.48 bits per heavy atom. The highest BCUT2D eigenvalue weighted by Crippen LogP contribution is 2.21. The number of aromatic nitrogens is 2. The van der Waals surface area contributed by atoms with E-state index in [1.165, 1.54) is 25.2 Å². The second kappa shape index (κ2) is 6.57. The monoisotopic (exact) mass is 316 g/mol. The number of nitrogens with one attached hydrogen (secondary N) is 1. The van der Waals surface area contributed by atoms with Crippen LogP contribution in [0.15, 0.2) is 6.07 Å². The lowest BCUT2D eigenvalue weighted by atomic mass is 10.2. The van der Waals surface area contributed by atoms with Crippen molar-refractivity contribution >= 4 is 29.4 Å². The van der Waals surface area contributed by atoms with Gasteiger partial charge in [-0.3, -0.25) is 5.01 Å². The highest BCUT2D eigenvalue weighted by atomic mass is 35.5. The fourth-order valence-corrected chi connectivity index (χ4v) is 1.52. The summed E-state index contributed by atoms with van der Waals surface area (Å²) < 4.78 is 9.65. The van der Waals surface area contributed by atoms with Crippen molar-refractivity contribution in [3.8, 4) is 0 Å². The van der Waals surface area contributed by atoms with Crippen LogP contribution >= 0.6 is 11.6 Å². The number of hydrogen-bond acceptors (Lipinski definition) is 7. The molecule has 0 bridgehead atoms. The summed E-state index contributed by atoms with van der Waals surface area (Å²) in [6, 6.07) is 1.35. The van der Waals surface area contributed by atoms with Crippen LogP contribution in [0.5, 0.6) is 0 Å². The standard InChI is InChI=1S/C12H17ClN4O4/c1-12(2,3)21-11(19)16-17(4)8-6-7(10(18)20-5)14-15-9(8)13/h6H,1-5H3,(H,16,19). The summed E-state index contributed by atoms with van der Waals surface area (Å²) >= 11 is 5.90. The zero-order chi connectivity index (χ0) is 16.2. The average Bonchev–Trinajstić information content (AvgIpc) is 2.35. The molecule has 1 aromatic rings. The maximum absolute atomic E-state index is 11.7. The Kier molecular flexibility index (Phi) is 5.31. The van der Waals surface area contributed by atoms with Crippen molar-refractivity contribution in [2.45, 2.75) is 26.4 Å². The van der Waals surface area contributed by atoms with Gasteiger partial charge in [-0.15, -0.1) is 10.2 Å². The number of anilines is 1. The van der Waals surface area contributed by atoms with Gasteiger partial charge in [0.15, 0.2) is 10.8 Å². The Morgan fingerprint density at radius 1 is 1.33 bits per heavy atom.